The molecule has 11 aromatic carbocycles. The minimum absolute atomic E-state index is 1.09. The topological polar surface area (TPSA) is 18.5 Å². The van der Waals surface area contributed by atoms with Crippen LogP contribution < -0.4 is 15.1 Å². The predicted molar refractivity (Wildman–Crippen MR) is 328 cm³/mol. The fourth-order valence-corrected chi connectivity index (χ4v) is 10.3. The van der Waals surface area contributed by atoms with Crippen LogP contribution in [0.5, 0.6) is 0 Å². The fourth-order valence-electron chi connectivity index (χ4n) is 10.3. The van der Waals surface area contributed by atoms with Gasteiger partial charge in [-0.25, -0.2) is 0 Å². The molecular weight excluding hydrogens is 919 g/mol. The molecule has 1 aliphatic carbocycles. The molecule has 366 valence electrons. The van der Waals surface area contributed by atoms with Crippen LogP contribution in [0.25, 0.3) is 49.9 Å². The first-order valence-electron chi connectivity index (χ1n) is 26.1. The molecule has 11 aromatic rings. The molecule has 0 spiro atoms. The molecule has 3 nitrogen and oxygen atoms in total. The van der Waals surface area contributed by atoms with Crippen LogP contribution in [0.15, 0.2) is 291 Å². The number of para-hydroxylation sites is 4. The number of benzene rings is 11. The Labute approximate surface area is 448 Å². The molecule has 0 saturated carbocycles. The van der Waals surface area contributed by atoms with E-state index in [9.17, 15) is 0 Å². The zero-order chi connectivity index (χ0) is 51.6. The average Bonchev–Trinajstić information content (AvgIpc) is 3.76. The summed E-state index contributed by atoms with van der Waals surface area (Å²) in [4.78, 5) is 4.73. The molecule has 0 saturated heterocycles. The highest BCUT2D eigenvalue weighted by molar-refractivity contribution is 6.18. The first-order chi connectivity index (χ1) is 37.5. The van der Waals surface area contributed by atoms with Crippen molar-refractivity contribution >= 4 is 78.6 Å². The summed E-state index contributed by atoms with van der Waals surface area (Å²) in [5.41, 5.74) is 20.6. The van der Waals surface area contributed by atoms with Crippen molar-refractivity contribution in [3.05, 3.63) is 325 Å². The van der Waals surface area contributed by atoms with Crippen LogP contribution in [0.1, 0.15) is 40.3 Å². The average molecular weight is 978 g/mol. The maximum Gasteiger partial charge on any atom is 0.0540 e. The number of nitrogens with one attached hydrogen (secondary N) is 1. The van der Waals surface area contributed by atoms with Crippen molar-refractivity contribution < 1.29 is 0 Å². The van der Waals surface area contributed by atoms with E-state index in [0.717, 1.165) is 39.8 Å². The second-order valence-corrected chi connectivity index (χ2v) is 19.2. The second-order valence-electron chi connectivity index (χ2n) is 19.2. The van der Waals surface area contributed by atoms with Crippen molar-refractivity contribution in [1.29, 1.82) is 0 Å². The Hall–Kier alpha value is -9.70. The summed E-state index contributed by atoms with van der Waals surface area (Å²) < 4.78 is 0. The van der Waals surface area contributed by atoms with E-state index in [4.69, 9.17) is 0 Å². The van der Waals surface area contributed by atoms with E-state index in [0.29, 0.717) is 0 Å². The highest BCUT2D eigenvalue weighted by Crippen LogP contribution is 2.49. The minimum atomic E-state index is 1.09. The second kappa shape index (κ2) is 22.6. The number of anilines is 7. The molecule has 0 radical (unpaired) electrons. The van der Waals surface area contributed by atoms with Crippen molar-refractivity contribution in [2.75, 3.05) is 15.1 Å². The van der Waals surface area contributed by atoms with Crippen LogP contribution in [0.4, 0.5) is 39.8 Å². The summed E-state index contributed by atoms with van der Waals surface area (Å²) >= 11 is 0. The van der Waals surface area contributed by atoms with Gasteiger partial charge >= 0.3 is 0 Å². The highest BCUT2D eigenvalue weighted by Gasteiger charge is 2.26. The lowest BCUT2D eigenvalue weighted by Gasteiger charge is -2.27. The third kappa shape index (κ3) is 10.5. The molecule has 1 aliphatic rings. The van der Waals surface area contributed by atoms with Crippen LogP contribution in [0.3, 0.4) is 0 Å². The summed E-state index contributed by atoms with van der Waals surface area (Å²) in [5, 5.41) is 8.23. The normalized spacial score (nSPS) is 11.9. The van der Waals surface area contributed by atoms with Crippen molar-refractivity contribution in [3.8, 4) is 11.1 Å². The van der Waals surface area contributed by atoms with Gasteiger partial charge < -0.3 is 15.1 Å². The zero-order valence-electron chi connectivity index (χ0n) is 43.2. The van der Waals surface area contributed by atoms with E-state index in [1.54, 1.807) is 0 Å². The summed E-state index contributed by atoms with van der Waals surface area (Å²) in [6, 6.07) is 93.3. The molecule has 0 unspecified atom stereocenters. The van der Waals surface area contributed by atoms with Crippen molar-refractivity contribution in [3.63, 3.8) is 0 Å². The van der Waals surface area contributed by atoms with E-state index in [1.165, 1.54) is 77.2 Å². The van der Waals surface area contributed by atoms with Crippen LogP contribution in [-0.2, 0) is 0 Å². The number of hydrogen-bond donors (Lipinski definition) is 1. The lowest BCUT2D eigenvalue weighted by molar-refractivity contribution is 1.29. The minimum Gasteiger partial charge on any atom is -0.362 e. The molecule has 0 aromatic heterocycles. The number of hydrogen-bond acceptors (Lipinski definition) is 3. The predicted octanol–water partition coefficient (Wildman–Crippen LogP) is 20.4. The Kier molecular flexibility index (Phi) is 14.4. The first kappa shape index (κ1) is 48.6. The molecule has 0 fully saturated rings. The maximum atomic E-state index is 3.20. The van der Waals surface area contributed by atoms with E-state index in [-0.39, 0.29) is 0 Å². The summed E-state index contributed by atoms with van der Waals surface area (Å²) in [6.07, 6.45) is 12.0. The van der Waals surface area contributed by atoms with Gasteiger partial charge in [-0.05, 0) is 178 Å². The molecule has 0 bridgehead atoms. The Balaban J connectivity index is 0.000000260. The van der Waals surface area contributed by atoms with Crippen LogP contribution in [-0.4, -0.2) is 0 Å². The Morgan fingerprint density at radius 3 is 1.63 bits per heavy atom. The van der Waals surface area contributed by atoms with Gasteiger partial charge in [0, 0.05) is 45.7 Å². The van der Waals surface area contributed by atoms with Gasteiger partial charge in [0.2, 0.25) is 0 Å². The Morgan fingerprint density at radius 2 is 0.934 bits per heavy atom. The third-order valence-corrected chi connectivity index (χ3v) is 14.1. The number of rotatable bonds is 13. The number of nitrogens with zero attached hydrogens (tertiary/aromatic N) is 2. The molecule has 0 amide bonds. The molecule has 1 N–H and O–H groups in total. The lowest BCUT2D eigenvalue weighted by Crippen LogP contribution is -2.10. The van der Waals surface area contributed by atoms with E-state index < -0.39 is 0 Å². The summed E-state index contributed by atoms with van der Waals surface area (Å²) in [7, 11) is 0. The van der Waals surface area contributed by atoms with Gasteiger partial charge in [-0.15, -0.1) is 0 Å². The quantitative estimate of drug-likeness (QED) is 0.116. The van der Waals surface area contributed by atoms with Gasteiger partial charge in [0.15, 0.2) is 0 Å². The Bertz CT molecular complexity index is 3850. The van der Waals surface area contributed by atoms with Gasteiger partial charge in [-0.3, -0.25) is 0 Å². The lowest BCUT2D eigenvalue weighted by atomic mass is 9.90. The molecule has 3 heteroatoms. The smallest absolute Gasteiger partial charge is 0.0540 e. The SMILES string of the molecule is CC1=C(c2cc(-c3ccc(N(c4ccccc4)c4cccc5ccccc45)cc3)ccc2C)c2cc(N(c3ccccc3)c3ccccc3)cc3cccc1c23.Cc1ccc(\C=C/C=C\C=C\Nc2ccccc2)cc1. The fraction of sp³-hybridized carbons (Fsp3) is 0.0411. The number of aryl methyl sites for hydroxylation is 2. The molecular formula is C73H59N3. The molecule has 0 heterocycles. The van der Waals surface area contributed by atoms with Gasteiger partial charge in [-0.1, -0.05) is 206 Å². The first-order valence-corrected chi connectivity index (χ1v) is 26.1. The third-order valence-electron chi connectivity index (χ3n) is 14.1. The van der Waals surface area contributed by atoms with Crippen LogP contribution in [0, 0.1) is 13.8 Å². The zero-order valence-corrected chi connectivity index (χ0v) is 43.2. The molecule has 0 atom stereocenters. The van der Waals surface area contributed by atoms with Crippen molar-refractivity contribution in [2.45, 2.75) is 20.8 Å². The molecule has 0 aliphatic heterocycles. The van der Waals surface area contributed by atoms with Gasteiger partial charge in [0.05, 0.1) is 5.69 Å². The molecule has 12 rings (SSSR count). The van der Waals surface area contributed by atoms with Gasteiger partial charge in [-0.2, -0.15) is 0 Å². The van der Waals surface area contributed by atoms with Gasteiger partial charge in [0.1, 0.15) is 0 Å². The van der Waals surface area contributed by atoms with E-state index in [1.807, 2.05) is 60.8 Å². The highest BCUT2D eigenvalue weighted by atomic mass is 15.1. The van der Waals surface area contributed by atoms with E-state index in [2.05, 4.69) is 272 Å². The number of fused-ring (bicyclic) bond motifs is 1. The van der Waals surface area contributed by atoms with Gasteiger partial charge in [0.25, 0.3) is 0 Å². The monoisotopic (exact) mass is 977 g/mol. The van der Waals surface area contributed by atoms with Crippen LogP contribution >= 0.6 is 0 Å². The van der Waals surface area contributed by atoms with Crippen molar-refractivity contribution in [2.24, 2.45) is 0 Å². The maximum absolute atomic E-state index is 3.20. The Morgan fingerprint density at radius 1 is 0.368 bits per heavy atom. The summed E-state index contributed by atoms with van der Waals surface area (Å²) in [5.74, 6) is 0. The summed E-state index contributed by atoms with van der Waals surface area (Å²) in [6.45, 7) is 6.63. The largest absolute Gasteiger partial charge is 0.362 e. The van der Waals surface area contributed by atoms with E-state index >= 15 is 0 Å². The van der Waals surface area contributed by atoms with Crippen LogP contribution in [0.2, 0.25) is 0 Å². The molecule has 76 heavy (non-hydrogen) atoms. The van der Waals surface area contributed by atoms with Crippen molar-refractivity contribution in [1.82, 2.24) is 0 Å². The standard InChI is InChI=1S/C54H40N2.C19H19N/c1-37-28-29-41(39-30-32-46(33-31-39)56(45-23-10-5-11-24-45)52-27-15-17-40-16-12-13-25-49(40)52)35-50(37)53-38(2)48-26-14-18-42-34-47(36-51(53)54(42)48)55(43-19-6-3-7-20-43)44-21-8-4-9-22-44;1-17-12-14-18(15-13-17)9-5-2-3-8-16-20-19-10-6-4-7-11-19/h3-36H,1-2H3;2-16,20H,1H3/b;3-2-,9-5-,16-8+. The number of allylic oxidation sites excluding steroid dienone is 5.